The van der Waals surface area contributed by atoms with Gasteiger partial charge in [-0.2, -0.15) is 0 Å². The van der Waals surface area contributed by atoms with Crippen LogP contribution in [0.4, 0.5) is 0 Å². The van der Waals surface area contributed by atoms with Crippen LogP contribution in [0.5, 0.6) is 11.5 Å². The van der Waals surface area contributed by atoms with Crippen molar-refractivity contribution in [3.8, 4) is 11.5 Å². The molecule has 156 valence electrons. The molecular weight excluding hydrogens is 388 g/mol. The first kappa shape index (κ1) is 21.2. The van der Waals surface area contributed by atoms with Gasteiger partial charge in [-0.25, -0.2) is 0 Å². The van der Waals surface area contributed by atoms with E-state index in [4.69, 9.17) is 9.47 Å². The lowest BCUT2D eigenvalue weighted by Crippen LogP contribution is -2.26. The summed E-state index contributed by atoms with van der Waals surface area (Å²) in [4.78, 5) is 25.2. The van der Waals surface area contributed by atoms with Crippen LogP contribution in [0, 0.1) is 0 Å². The average Bonchev–Trinajstić information content (AvgIpc) is 3.38. The first-order valence-corrected chi connectivity index (χ1v) is 10.8. The first-order valence-electron chi connectivity index (χ1n) is 9.95. The van der Waals surface area contributed by atoms with Crippen LogP contribution in [-0.4, -0.2) is 25.0 Å². The van der Waals surface area contributed by atoms with Crippen molar-refractivity contribution in [2.24, 2.45) is 0 Å². The summed E-state index contributed by atoms with van der Waals surface area (Å²) in [5.41, 5.74) is 0.948. The van der Waals surface area contributed by atoms with Crippen LogP contribution in [0.3, 0.4) is 0 Å². The maximum Gasteiger partial charge on any atom is 0.261 e. The number of hydrogen-bond acceptors (Lipinski definition) is 5. The van der Waals surface area contributed by atoms with Gasteiger partial charge in [-0.3, -0.25) is 9.59 Å². The van der Waals surface area contributed by atoms with E-state index in [1.54, 1.807) is 13.2 Å². The Labute approximate surface area is 175 Å². The topological polar surface area (TPSA) is 76.7 Å². The number of hydrogen-bond donors (Lipinski definition) is 2. The normalized spacial score (nSPS) is 15.0. The van der Waals surface area contributed by atoms with Gasteiger partial charge in [0, 0.05) is 11.8 Å². The monoisotopic (exact) mass is 416 g/mol. The molecule has 1 heterocycles. The van der Waals surface area contributed by atoms with E-state index in [0.717, 1.165) is 29.0 Å². The third-order valence-electron chi connectivity index (χ3n) is 5.03. The Kier molecular flexibility index (Phi) is 7.14. The van der Waals surface area contributed by atoms with Gasteiger partial charge >= 0.3 is 0 Å². The Hall–Kier alpha value is -2.54. The minimum atomic E-state index is -0.183. The zero-order chi connectivity index (χ0) is 20.8. The number of carbonyl (C=O) groups is 2. The summed E-state index contributed by atoms with van der Waals surface area (Å²) in [6.07, 6.45) is 4.86. The van der Waals surface area contributed by atoms with Crippen LogP contribution in [0.1, 0.15) is 65.7 Å². The van der Waals surface area contributed by atoms with E-state index in [1.165, 1.54) is 31.1 Å². The fraction of sp³-hybridized carbons (Fsp3) is 0.455. The van der Waals surface area contributed by atoms with Gasteiger partial charge in [0.1, 0.15) is 0 Å². The molecule has 1 aliphatic carbocycles. The van der Waals surface area contributed by atoms with Gasteiger partial charge in [-0.1, -0.05) is 6.07 Å². The van der Waals surface area contributed by atoms with Crippen LogP contribution in [-0.2, 0) is 11.3 Å². The molecule has 7 heteroatoms. The zero-order valence-corrected chi connectivity index (χ0v) is 17.9. The van der Waals surface area contributed by atoms with Gasteiger partial charge in [0.05, 0.1) is 30.7 Å². The number of amides is 2. The molecule has 6 nitrogen and oxygen atoms in total. The molecule has 3 rings (SSSR count). The molecule has 1 aromatic carbocycles. The van der Waals surface area contributed by atoms with Crippen molar-refractivity contribution in [3.63, 3.8) is 0 Å². The summed E-state index contributed by atoms with van der Waals surface area (Å²) >= 11 is 1.38. The number of methoxy groups -OCH3 is 1. The highest BCUT2D eigenvalue weighted by atomic mass is 32.1. The minimum absolute atomic E-state index is 0.0904. The standard InChI is InChI=1S/C22H28N2O4S/c1-14(24-22(26)21-11-9-18(29-21)13-23-15(2)25)16-8-10-19(20(12-16)27-3)28-17-6-4-5-7-17/h8-12,14,17H,4-7,13H2,1-3H3,(H,23,25)(H,24,26). The molecule has 0 spiro atoms. The Morgan fingerprint density at radius 2 is 1.93 bits per heavy atom. The van der Waals surface area contributed by atoms with Gasteiger partial charge in [-0.15, -0.1) is 11.3 Å². The molecule has 1 saturated carbocycles. The molecule has 2 N–H and O–H groups in total. The Bertz CT molecular complexity index is 858. The van der Waals surface area contributed by atoms with E-state index in [-0.39, 0.29) is 24.0 Å². The molecule has 1 unspecified atom stereocenters. The van der Waals surface area contributed by atoms with Crippen molar-refractivity contribution in [1.29, 1.82) is 0 Å². The van der Waals surface area contributed by atoms with E-state index in [1.807, 2.05) is 31.2 Å². The van der Waals surface area contributed by atoms with E-state index in [2.05, 4.69) is 10.6 Å². The van der Waals surface area contributed by atoms with Crippen LogP contribution >= 0.6 is 11.3 Å². The van der Waals surface area contributed by atoms with Crippen LogP contribution < -0.4 is 20.1 Å². The molecule has 1 atom stereocenters. The summed E-state index contributed by atoms with van der Waals surface area (Å²) < 4.78 is 11.6. The first-order chi connectivity index (χ1) is 14.0. The van der Waals surface area contributed by atoms with E-state index >= 15 is 0 Å². The smallest absolute Gasteiger partial charge is 0.261 e. The lowest BCUT2D eigenvalue weighted by molar-refractivity contribution is -0.119. The summed E-state index contributed by atoms with van der Waals surface area (Å²) in [6, 6.07) is 9.27. The second kappa shape index (κ2) is 9.78. The molecule has 2 amide bonds. The van der Waals surface area contributed by atoms with Crippen molar-refractivity contribution in [1.82, 2.24) is 10.6 Å². The third kappa shape index (κ3) is 5.73. The van der Waals surface area contributed by atoms with Gasteiger partial charge in [0.15, 0.2) is 11.5 Å². The second-order valence-corrected chi connectivity index (χ2v) is 8.47. The van der Waals surface area contributed by atoms with E-state index in [0.29, 0.717) is 17.2 Å². The highest BCUT2D eigenvalue weighted by Crippen LogP contribution is 2.33. The zero-order valence-electron chi connectivity index (χ0n) is 17.1. The van der Waals surface area contributed by atoms with Crippen molar-refractivity contribution < 1.29 is 19.1 Å². The largest absolute Gasteiger partial charge is 0.493 e. The maximum absolute atomic E-state index is 12.6. The average molecular weight is 417 g/mol. The molecule has 0 saturated heterocycles. The van der Waals surface area contributed by atoms with Gasteiger partial charge in [0.2, 0.25) is 5.91 Å². The molecule has 1 fully saturated rings. The second-order valence-electron chi connectivity index (χ2n) is 7.31. The summed E-state index contributed by atoms with van der Waals surface area (Å²) in [6.45, 7) is 3.85. The van der Waals surface area contributed by atoms with Crippen molar-refractivity contribution >= 4 is 23.2 Å². The molecule has 0 aliphatic heterocycles. The Balaban J connectivity index is 1.62. The highest BCUT2D eigenvalue weighted by Gasteiger charge is 2.20. The predicted molar refractivity (Wildman–Crippen MR) is 114 cm³/mol. The van der Waals surface area contributed by atoms with E-state index in [9.17, 15) is 9.59 Å². The fourth-order valence-corrected chi connectivity index (χ4v) is 4.24. The third-order valence-corrected chi connectivity index (χ3v) is 6.11. The SMILES string of the molecule is COc1cc(C(C)NC(=O)c2ccc(CNC(C)=O)s2)ccc1OC1CCCC1. The number of thiophene rings is 1. The molecule has 0 radical (unpaired) electrons. The lowest BCUT2D eigenvalue weighted by Gasteiger charge is -2.19. The number of ether oxygens (including phenoxy) is 2. The summed E-state index contributed by atoms with van der Waals surface area (Å²) in [5, 5.41) is 5.76. The molecule has 29 heavy (non-hydrogen) atoms. The lowest BCUT2D eigenvalue weighted by atomic mass is 10.1. The minimum Gasteiger partial charge on any atom is -0.493 e. The van der Waals surface area contributed by atoms with E-state index < -0.39 is 0 Å². The maximum atomic E-state index is 12.6. The van der Waals surface area contributed by atoms with Gasteiger partial charge in [0.25, 0.3) is 5.91 Å². The number of benzene rings is 1. The van der Waals surface area contributed by atoms with Crippen molar-refractivity contribution in [2.45, 2.75) is 58.2 Å². The molecule has 2 aromatic rings. The fourth-order valence-electron chi connectivity index (χ4n) is 3.39. The highest BCUT2D eigenvalue weighted by molar-refractivity contribution is 7.14. The quantitative estimate of drug-likeness (QED) is 0.676. The predicted octanol–water partition coefficient (Wildman–Crippen LogP) is 4.21. The molecule has 1 aromatic heterocycles. The molecule has 0 bridgehead atoms. The van der Waals surface area contributed by atoms with Crippen LogP contribution in [0.2, 0.25) is 0 Å². The van der Waals surface area contributed by atoms with Crippen LogP contribution in [0.15, 0.2) is 30.3 Å². The Morgan fingerprint density at radius 3 is 2.62 bits per heavy atom. The number of rotatable bonds is 8. The summed E-state index contributed by atoms with van der Waals surface area (Å²) in [7, 11) is 1.63. The van der Waals surface area contributed by atoms with Crippen LogP contribution in [0.25, 0.3) is 0 Å². The molecule has 1 aliphatic rings. The number of carbonyl (C=O) groups excluding carboxylic acids is 2. The van der Waals surface area contributed by atoms with Crippen molar-refractivity contribution in [2.75, 3.05) is 7.11 Å². The van der Waals surface area contributed by atoms with Crippen molar-refractivity contribution in [3.05, 3.63) is 45.6 Å². The molecular formula is C22H28N2O4S. The number of nitrogens with one attached hydrogen (secondary N) is 2. The van der Waals surface area contributed by atoms with Gasteiger partial charge in [-0.05, 0) is 62.4 Å². The Morgan fingerprint density at radius 1 is 1.17 bits per heavy atom. The van der Waals surface area contributed by atoms with Gasteiger partial charge < -0.3 is 20.1 Å². The summed E-state index contributed by atoms with van der Waals surface area (Å²) in [5.74, 6) is 1.21.